The van der Waals surface area contributed by atoms with Crippen molar-refractivity contribution in [2.45, 2.75) is 44.6 Å². The molecule has 0 aromatic rings. The second-order valence-corrected chi connectivity index (χ2v) is 3.14. The van der Waals surface area contributed by atoms with Gasteiger partial charge >= 0.3 is 0 Å². The lowest BCUT2D eigenvalue weighted by atomic mass is 9.95. The Morgan fingerprint density at radius 1 is 1.20 bits per heavy atom. The third-order valence-electron chi connectivity index (χ3n) is 2.21. The van der Waals surface area contributed by atoms with Gasteiger partial charge in [0.15, 0.2) is 0 Å². The van der Waals surface area contributed by atoms with Crippen LogP contribution in [0.25, 0.3) is 0 Å². The van der Waals surface area contributed by atoms with Gasteiger partial charge in [0.1, 0.15) is 0 Å². The molecule has 0 amide bonds. The molecular formula is C9H18N. The van der Waals surface area contributed by atoms with Crippen molar-refractivity contribution >= 4 is 0 Å². The first-order valence-corrected chi connectivity index (χ1v) is 4.46. The summed E-state index contributed by atoms with van der Waals surface area (Å²) >= 11 is 0. The van der Waals surface area contributed by atoms with E-state index in [1.165, 1.54) is 32.1 Å². The van der Waals surface area contributed by atoms with Crippen molar-refractivity contribution in [2.24, 2.45) is 0 Å². The van der Waals surface area contributed by atoms with E-state index in [1.807, 2.05) is 0 Å². The van der Waals surface area contributed by atoms with Gasteiger partial charge in [0.05, 0.1) is 0 Å². The number of hydrogen-bond acceptors (Lipinski definition) is 1. The number of nitrogens with one attached hydrogen (secondary N) is 1. The van der Waals surface area contributed by atoms with Crippen LogP contribution in [0.4, 0.5) is 0 Å². The normalized spacial score (nSPS) is 21.3. The highest BCUT2D eigenvalue weighted by atomic mass is 14.9. The summed E-state index contributed by atoms with van der Waals surface area (Å²) < 4.78 is 0. The van der Waals surface area contributed by atoms with Gasteiger partial charge in [0, 0.05) is 6.04 Å². The van der Waals surface area contributed by atoms with Crippen LogP contribution in [0.1, 0.15) is 38.5 Å². The molecule has 0 aromatic carbocycles. The van der Waals surface area contributed by atoms with E-state index in [9.17, 15) is 0 Å². The van der Waals surface area contributed by atoms with Gasteiger partial charge in [-0.15, -0.1) is 0 Å². The Hall–Kier alpha value is -0.0400. The van der Waals surface area contributed by atoms with E-state index in [4.69, 9.17) is 0 Å². The lowest BCUT2D eigenvalue weighted by Gasteiger charge is -2.22. The lowest BCUT2D eigenvalue weighted by molar-refractivity contribution is 0.376. The van der Waals surface area contributed by atoms with E-state index in [0.717, 1.165) is 19.0 Å². The summed E-state index contributed by atoms with van der Waals surface area (Å²) in [6.45, 7) is 4.91. The van der Waals surface area contributed by atoms with E-state index in [2.05, 4.69) is 12.2 Å². The molecule has 1 rings (SSSR count). The van der Waals surface area contributed by atoms with Gasteiger partial charge in [-0.3, -0.25) is 0 Å². The zero-order chi connectivity index (χ0) is 7.23. The summed E-state index contributed by atoms with van der Waals surface area (Å²) in [6, 6.07) is 0.815. The predicted molar refractivity (Wildman–Crippen MR) is 44.8 cm³/mol. The molecule has 1 saturated carbocycles. The Bertz CT molecular complexity index is 74.8. The Morgan fingerprint density at radius 2 is 1.90 bits per heavy atom. The highest BCUT2D eigenvalue weighted by Gasteiger charge is 2.10. The first kappa shape index (κ1) is 8.06. The molecule has 0 aliphatic heterocycles. The quantitative estimate of drug-likeness (QED) is 0.633. The van der Waals surface area contributed by atoms with E-state index >= 15 is 0 Å². The van der Waals surface area contributed by atoms with Crippen molar-refractivity contribution in [2.75, 3.05) is 6.54 Å². The fourth-order valence-corrected chi connectivity index (χ4v) is 1.61. The highest BCUT2D eigenvalue weighted by Crippen LogP contribution is 2.16. The summed E-state index contributed by atoms with van der Waals surface area (Å²) in [7, 11) is 0. The lowest BCUT2D eigenvalue weighted by Crippen LogP contribution is -2.31. The molecule has 0 aromatic heterocycles. The minimum atomic E-state index is 0.815. The van der Waals surface area contributed by atoms with Gasteiger partial charge in [0.2, 0.25) is 0 Å². The van der Waals surface area contributed by atoms with Crippen LogP contribution in [0.15, 0.2) is 0 Å². The average molecular weight is 140 g/mol. The van der Waals surface area contributed by atoms with E-state index in [-0.39, 0.29) is 0 Å². The Balaban J connectivity index is 2.02. The zero-order valence-electron chi connectivity index (χ0n) is 6.73. The first-order valence-electron chi connectivity index (χ1n) is 4.46. The first-order chi connectivity index (χ1) is 4.93. The van der Waals surface area contributed by atoms with Crippen molar-refractivity contribution in [3.8, 4) is 0 Å². The number of rotatable bonds is 3. The summed E-state index contributed by atoms with van der Waals surface area (Å²) in [4.78, 5) is 0. The fourth-order valence-electron chi connectivity index (χ4n) is 1.61. The maximum Gasteiger partial charge on any atom is 0.00670 e. The van der Waals surface area contributed by atoms with Gasteiger partial charge in [-0.05, 0) is 25.8 Å². The minimum Gasteiger partial charge on any atom is -0.314 e. The van der Waals surface area contributed by atoms with Crippen LogP contribution < -0.4 is 5.32 Å². The van der Waals surface area contributed by atoms with E-state index < -0.39 is 0 Å². The van der Waals surface area contributed by atoms with Crippen LogP contribution in [0.2, 0.25) is 0 Å². The molecule has 1 radical (unpaired) electrons. The molecule has 0 bridgehead atoms. The molecule has 0 atom stereocenters. The molecular weight excluding hydrogens is 122 g/mol. The van der Waals surface area contributed by atoms with E-state index in [1.54, 1.807) is 0 Å². The maximum atomic E-state index is 3.81. The molecule has 59 valence electrons. The van der Waals surface area contributed by atoms with Gasteiger partial charge in [-0.1, -0.05) is 26.2 Å². The predicted octanol–water partition coefficient (Wildman–Crippen LogP) is 2.13. The van der Waals surface area contributed by atoms with Crippen molar-refractivity contribution < 1.29 is 0 Å². The fraction of sp³-hybridized carbons (Fsp3) is 0.889. The van der Waals surface area contributed by atoms with Crippen LogP contribution in [-0.2, 0) is 0 Å². The molecule has 1 N–H and O–H groups in total. The van der Waals surface area contributed by atoms with Crippen molar-refractivity contribution in [3.63, 3.8) is 0 Å². The summed E-state index contributed by atoms with van der Waals surface area (Å²) in [5, 5.41) is 3.51. The Kier molecular flexibility index (Phi) is 3.81. The molecule has 0 heterocycles. The largest absolute Gasteiger partial charge is 0.314 e. The third-order valence-corrected chi connectivity index (χ3v) is 2.21. The van der Waals surface area contributed by atoms with Crippen molar-refractivity contribution in [3.05, 3.63) is 6.92 Å². The minimum absolute atomic E-state index is 0.815. The van der Waals surface area contributed by atoms with Crippen LogP contribution in [0.3, 0.4) is 0 Å². The molecule has 0 unspecified atom stereocenters. The molecule has 10 heavy (non-hydrogen) atoms. The van der Waals surface area contributed by atoms with Gasteiger partial charge in [-0.2, -0.15) is 0 Å². The molecule has 0 saturated heterocycles. The van der Waals surface area contributed by atoms with Crippen LogP contribution in [0, 0.1) is 6.92 Å². The molecule has 1 aliphatic rings. The van der Waals surface area contributed by atoms with E-state index in [0.29, 0.717) is 0 Å². The molecule has 0 spiro atoms. The summed E-state index contributed by atoms with van der Waals surface area (Å²) in [6.07, 6.45) is 8.10. The smallest absolute Gasteiger partial charge is 0.00670 e. The molecule has 1 aliphatic carbocycles. The van der Waals surface area contributed by atoms with Crippen LogP contribution in [-0.4, -0.2) is 12.6 Å². The number of hydrogen-bond donors (Lipinski definition) is 1. The maximum absolute atomic E-state index is 3.81. The Labute approximate surface area is 64.2 Å². The average Bonchev–Trinajstić information content (AvgIpc) is 2.03. The second kappa shape index (κ2) is 4.73. The zero-order valence-corrected chi connectivity index (χ0v) is 6.73. The third kappa shape index (κ3) is 2.70. The van der Waals surface area contributed by atoms with Crippen LogP contribution >= 0.6 is 0 Å². The Morgan fingerprint density at radius 3 is 2.50 bits per heavy atom. The second-order valence-electron chi connectivity index (χ2n) is 3.14. The summed E-state index contributed by atoms with van der Waals surface area (Å²) in [5.41, 5.74) is 0. The summed E-state index contributed by atoms with van der Waals surface area (Å²) in [5.74, 6) is 0. The molecule has 1 nitrogen and oxygen atoms in total. The van der Waals surface area contributed by atoms with Crippen molar-refractivity contribution in [1.82, 2.24) is 5.32 Å². The SMILES string of the molecule is [CH2]CCNC1CCCCC1. The topological polar surface area (TPSA) is 12.0 Å². The monoisotopic (exact) mass is 140 g/mol. The van der Waals surface area contributed by atoms with Gasteiger partial charge in [-0.25, -0.2) is 0 Å². The van der Waals surface area contributed by atoms with Gasteiger partial charge in [0.25, 0.3) is 0 Å². The highest BCUT2D eigenvalue weighted by molar-refractivity contribution is 4.71. The molecule has 1 heteroatoms. The van der Waals surface area contributed by atoms with Crippen molar-refractivity contribution in [1.29, 1.82) is 0 Å². The standard InChI is InChI=1S/C9H18N/c1-2-8-10-9-6-4-3-5-7-9/h9-10H,1-8H2. The van der Waals surface area contributed by atoms with Gasteiger partial charge < -0.3 is 5.32 Å². The van der Waals surface area contributed by atoms with Crippen LogP contribution in [0.5, 0.6) is 0 Å². The molecule has 1 fully saturated rings.